The van der Waals surface area contributed by atoms with Crippen LogP contribution < -0.4 is 16.0 Å². The van der Waals surface area contributed by atoms with Crippen molar-refractivity contribution in [2.75, 3.05) is 29.0 Å². The molecule has 4 rings (SSSR count). The van der Waals surface area contributed by atoms with Crippen LogP contribution >= 0.6 is 0 Å². The molecule has 0 atom stereocenters. The van der Waals surface area contributed by atoms with E-state index in [-0.39, 0.29) is 23.3 Å². The van der Waals surface area contributed by atoms with E-state index in [2.05, 4.69) is 39.6 Å². The van der Waals surface area contributed by atoms with Crippen LogP contribution in [-0.4, -0.2) is 28.0 Å². The first-order chi connectivity index (χ1) is 15.0. The zero-order valence-electron chi connectivity index (χ0n) is 17.5. The minimum atomic E-state index is -0.490. The Hall–Kier alpha value is -3.68. The van der Waals surface area contributed by atoms with E-state index in [0.717, 1.165) is 30.5 Å². The molecule has 0 spiro atoms. The highest BCUT2D eigenvalue weighted by Gasteiger charge is 2.30. The Labute approximate surface area is 181 Å². The van der Waals surface area contributed by atoms with E-state index in [1.54, 1.807) is 0 Å². The average molecular weight is 419 g/mol. The lowest BCUT2D eigenvalue weighted by atomic mass is 9.90. The monoisotopic (exact) mass is 418 g/mol. The molecule has 0 radical (unpaired) electrons. The van der Waals surface area contributed by atoms with Gasteiger partial charge in [0.1, 0.15) is 0 Å². The fraction of sp³-hybridized carbons (Fsp3) is 0.304. The summed E-state index contributed by atoms with van der Waals surface area (Å²) in [5.41, 5.74) is 9.00. The van der Waals surface area contributed by atoms with Crippen LogP contribution in [0.3, 0.4) is 0 Å². The Bertz CT molecular complexity index is 1050. The number of piperidine rings is 1. The number of aryl methyl sites for hydroxylation is 1. The number of nitrogens with zero attached hydrogens (tertiary/aromatic N) is 4. The highest BCUT2D eigenvalue weighted by atomic mass is 16.6. The molecule has 2 aromatic carbocycles. The van der Waals surface area contributed by atoms with Gasteiger partial charge in [-0.25, -0.2) is 0 Å². The van der Waals surface area contributed by atoms with E-state index in [1.165, 1.54) is 5.56 Å². The van der Waals surface area contributed by atoms with E-state index in [4.69, 9.17) is 5.73 Å². The van der Waals surface area contributed by atoms with Gasteiger partial charge in [-0.1, -0.05) is 48.0 Å². The smallest absolute Gasteiger partial charge is 0.353 e. The van der Waals surface area contributed by atoms with Gasteiger partial charge in [0.25, 0.3) is 0 Å². The number of hydrogen-bond donors (Lipinski definition) is 2. The number of anilines is 4. The Balaban J connectivity index is 1.53. The van der Waals surface area contributed by atoms with Crippen molar-refractivity contribution in [1.82, 2.24) is 9.97 Å². The molecule has 8 heteroatoms. The van der Waals surface area contributed by atoms with Crippen LogP contribution in [0.2, 0.25) is 0 Å². The van der Waals surface area contributed by atoms with Gasteiger partial charge in [-0.3, -0.25) is 10.1 Å². The van der Waals surface area contributed by atoms with Gasteiger partial charge in [0.2, 0.25) is 17.6 Å². The highest BCUT2D eigenvalue weighted by Crippen LogP contribution is 2.35. The van der Waals surface area contributed by atoms with Gasteiger partial charge in [0, 0.05) is 18.8 Å². The number of rotatable bonds is 6. The Kier molecular flexibility index (Phi) is 5.97. The molecule has 0 saturated carbocycles. The molecule has 1 aliphatic heterocycles. The lowest BCUT2D eigenvalue weighted by molar-refractivity contribution is -0.383. The summed E-state index contributed by atoms with van der Waals surface area (Å²) >= 11 is 0. The van der Waals surface area contributed by atoms with Crippen LogP contribution in [-0.2, 0) is 6.42 Å². The maximum atomic E-state index is 11.7. The quantitative estimate of drug-likeness (QED) is 0.448. The Morgan fingerprint density at radius 1 is 1.10 bits per heavy atom. The van der Waals surface area contributed by atoms with Crippen molar-refractivity contribution in [1.29, 1.82) is 0 Å². The first kappa shape index (κ1) is 20.6. The predicted octanol–water partition coefficient (Wildman–Crippen LogP) is 4.48. The summed E-state index contributed by atoms with van der Waals surface area (Å²) in [7, 11) is 0. The summed E-state index contributed by atoms with van der Waals surface area (Å²) in [5.74, 6) is 0.955. The number of aromatic nitrogens is 2. The molecule has 1 aliphatic rings. The maximum absolute atomic E-state index is 11.7. The number of nitrogens with one attached hydrogen (secondary N) is 1. The van der Waals surface area contributed by atoms with Gasteiger partial charge >= 0.3 is 5.69 Å². The molecule has 2 heterocycles. The predicted molar refractivity (Wildman–Crippen MR) is 123 cm³/mol. The summed E-state index contributed by atoms with van der Waals surface area (Å²) in [6.45, 7) is 3.39. The molecular weight excluding hydrogens is 392 g/mol. The van der Waals surface area contributed by atoms with Gasteiger partial charge in [0.15, 0.2) is 0 Å². The fourth-order valence-electron chi connectivity index (χ4n) is 3.97. The third-order valence-electron chi connectivity index (χ3n) is 5.66. The summed E-state index contributed by atoms with van der Waals surface area (Å²) < 4.78 is 0. The van der Waals surface area contributed by atoms with E-state index in [1.807, 2.05) is 42.2 Å². The van der Waals surface area contributed by atoms with Crippen molar-refractivity contribution < 1.29 is 4.92 Å². The molecule has 0 amide bonds. The second kappa shape index (κ2) is 8.99. The van der Waals surface area contributed by atoms with Crippen molar-refractivity contribution in [3.05, 3.63) is 75.8 Å². The van der Waals surface area contributed by atoms with Gasteiger partial charge in [-0.15, -0.1) is 0 Å². The van der Waals surface area contributed by atoms with Gasteiger partial charge in [-0.2, -0.15) is 9.97 Å². The first-order valence-corrected chi connectivity index (χ1v) is 10.4. The zero-order chi connectivity index (χ0) is 21.8. The highest BCUT2D eigenvalue weighted by molar-refractivity contribution is 5.72. The molecule has 1 saturated heterocycles. The third-order valence-corrected chi connectivity index (χ3v) is 5.66. The summed E-state index contributed by atoms with van der Waals surface area (Å²) in [6, 6.07) is 18.2. The number of benzene rings is 2. The van der Waals surface area contributed by atoms with Crippen LogP contribution in [0.1, 0.15) is 24.0 Å². The largest absolute Gasteiger partial charge is 0.378 e. The summed E-state index contributed by atoms with van der Waals surface area (Å²) in [6.07, 6.45) is 2.90. The standard InChI is InChI=1S/C23H26N6O2/c1-16-7-9-19(10-8-16)25-23-26-21(24)20(29(30)31)22(27-23)28-13-11-18(12-14-28)15-17-5-3-2-4-6-17/h2-10,18H,11-15H2,1H3,(H3,24,25,26,27). The lowest BCUT2D eigenvalue weighted by Gasteiger charge is -2.32. The average Bonchev–Trinajstić information content (AvgIpc) is 2.76. The van der Waals surface area contributed by atoms with Crippen LogP contribution in [0.25, 0.3) is 0 Å². The third kappa shape index (κ3) is 4.91. The van der Waals surface area contributed by atoms with Crippen LogP contribution in [0.4, 0.5) is 29.0 Å². The SMILES string of the molecule is Cc1ccc(Nc2nc(N)c([N+](=O)[O-])c(N3CCC(Cc4ccccc4)CC3)n2)cc1. The van der Waals surface area contributed by atoms with E-state index in [9.17, 15) is 10.1 Å². The first-order valence-electron chi connectivity index (χ1n) is 10.4. The van der Waals surface area contributed by atoms with Crippen LogP contribution in [0.15, 0.2) is 54.6 Å². The summed E-state index contributed by atoms with van der Waals surface area (Å²) in [4.78, 5) is 21.8. The second-order valence-electron chi connectivity index (χ2n) is 7.97. The molecule has 31 heavy (non-hydrogen) atoms. The molecule has 1 aromatic heterocycles. The van der Waals surface area contributed by atoms with Crippen LogP contribution in [0.5, 0.6) is 0 Å². The number of nitrogen functional groups attached to an aromatic ring is 1. The molecule has 0 unspecified atom stereocenters. The van der Waals surface area contributed by atoms with Crippen molar-refractivity contribution in [2.45, 2.75) is 26.2 Å². The van der Waals surface area contributed by atoms with Gasteiger partial charge in [-0.05, 0) is 49.8 Å². The molecule has 8 nitrogen and oxygen atoms in total. The lowest BCUT2D eigenvalue weighted by Crippen LogP contribution is -2.35. The molecule has 3 aromatic rings. The Morgan fingerprint density at radius 3 is 2.42 bits per heavy atom. The normalized spacial score (nSPS) is 14.4. The zero-order valence-corrected chi connectivity index (χ0v) is 17.5. The maximum Gasteiger partial charge on any atom is 0.353 e. The minimum absolute atomic E-state index is 0.129. The molecule has 1 fully saturated rings. The molecule has 160 valence electrons. The number of hydrogen-bond acceptors (Lipinski definition) is 7. The number of nitrogens with two attached hydrogens (primary N) is 1. The molecule has 3 N–H and O–H groups in total. The van der Waals surface area contributed by atoms with Gasteiger partial charge < -0.3 is 16.0 Å². The van der Waals surface area contributed by atoms with Crippen molar-refractivity contribution in [2.24, 2.45) is 5.92 Å². The molecule has 0 aliphatic carbocycles. The Morgan fingerprint density at radius 2 is 1.77 bits per heavy atom. The number of nitro groups is 1. The minimum Gasteiger partial charge on any atom is -0.378 e. The molecular formula is C23H26N6O2. The van der Waals surface area contributed by atoms with E-state index in [0.29, 0.717) is 19.0 Å². The topological polar surface area (TPSA) is 110 Å². The van der Waals surface area contributed by atoms with Crippen molar-refractivity contribution in [3.63, 3.8) is 0 Å². The molecule has 0 bridgehead atoms. The van der Waals surface area contributed by atoms with Crippen molar-refractivity contribution >= 4 is 29.0 Å². The summed E-state index contributed by atoms with van der Waals surface area (Å²) in [5, 5.41) is 14.8. The van der Waals surface area contributed by atoms with E-state index >= 15 is 0 Å². The van der Waals surface area contributed by atoms with E-state index < -0.39 is 4.92 Å². The fourth-order valence-corrected chi connectivity index (χ4v) is 3.97. The van der Waals surface area contributed by atoms with Crippen LogP contribution in [0, 0.1) is 23.0 Å². The second-order valence-corrected chi connectivity index (χ2v) is 7.97. The van der Waals surface area contributed by atoms with Crippen molar-refractivity contribution in [3.8, 4) is 0 Å². The van der Waals surface area contributed by atoms with Gasteiger partial charge in [0.05, 0.1) is 4.92 Å².